The number of carbonyl (C=O) groups excluding carboxylic acids is 5. The zero-order chi connectivity index (χ0) is 28.6. The molecule has 0 aliphatic carbocycles. The lowest BCUT2D eigenvalue weighted by Gasteiger charge is -2.30. The molecule has 0 atom stereocenters. The Bertz CT molecular complexity index is 1070. The van der Waals surface area contributed by atoms with Crippen LogP contribution >= 0.6 is 0 Å². The summed E-state index contributed by atoms with van der Waals surface area (Å²) in [6, 6.07) is 4.88. The number of esters is 3. The van der Waals surface area contributed by atoms with Gasteiger partial charge in [0.15, 0.2) is 0 Å². The second-order valence-electron chi connectivity index (χ2n) is 8.10. The lowest BCUT2D eigenvalue weighted by Crippen LogP contribution is -2.42. The molecule has 1 N–H and O–H groups in total. The van der Waals surface area contributed by atoms with Crippen LogP contribution in [0.15, 0.2) is 64.6 Å². The third-order valence-electron chi connectivity index (χ3n) is 4.44. The van der Waals surface area contributed by atoms with E-state index in [1.807, 2.05) is 0 Å². The third-order valence-corrected chi connectivity index (χ3v) is 4.44. The fraction of sp³-hybridized carbons (Fsp3) is 0.346. The average molecular weight is 515 g/mol. The van der Waals surface area contributed by atoms with Gasteiger partial charge in [-0.1, -0.05) is 25.8 Å². The van der Waals surface area contributed by atoms with Crippen molar-refractivity contribution < 1.29 is 43.3 Å². The Kier molecular flexibility index (Phi) is 14.3. The van der Waals surface area contributed by atoms with Gasteiger partial charge in [-0.25, -0.2) is 24.0 Å². The first-order valence-corrected chi connectivity index (χ1v) is 10.7. The van der Waals surface area contributed by atoms with Crippen molar-refractivity contribution in [2.75, 3.05) is 26.4 Å². The fourth-order valence-corrected chi connectivity index (χ4v) is 2.18. The summed E-state index contributed by atoms with van der Waals surface area (Å²) in [5.74, 6) is -2.03. The van der Waals surface area contributed by atoms with Gasteiger partial charge in [0.1, 0.15) is 19.8 Å². The van der Waals surface area contributed by atoms with Crippen LogP contribution in [0.3, 0.4) is 0 Å². The molecule has 0 spiro atoms. The largest absolute Gasteiger partial charge is 0.461 e. The summed E-state index contributed by atoms with van der Waals surface area (Å²) in [6.07, 6.45) is 2.84. The summed E-state index contributed by atoms with van der Waals surface area (Å²) < 4.78 is 15.1. The molecule has 0 aliphatic rings. The van der Waals surface area contributed by atoms with Crippen molar-refractivity contribution in [3.63, 3.8) is 0 Å². The highest BCUT2D eigenvalue weighted by Gasteiger charge is 2.35. The summed E-state index contributed by atoms with van der Waals surface area (Å²) in [4.78, 5) is 61.4. The van der Waals surface area contributed by atoms with E-state index in [4.69, 9.17) is 14.2 Å². The smallest absolute Gasteiger partial charge is 0.333 e. The molecule has 1 rings (SSSR count). The van der Waals surface area contributed by atoms with Crippen molar-refractivity contribution in [3.05, 3.63) is 60.2 Å². The molecule has 0 saturated heterocycles. The molecule has 0 fully saturated rings. The fourth-order valence-electron chi connectivity index (χ4n) is 2.18. The molecule has 0 radical (unpaired) electrons. The molecule has 1 aromatic carbocycles. The van der Waals surface area contributed by atoms with Gasteiger partial charge in [-0.15, -0.1) is 0 Å². The quantitative estimate of drug-likeness (QED) is 0.145. The molecule has 0 aliphatic heterocycles. The summed E-state index contributed by atoms with van der Waals surface area (Å²) in [7, 11) is 0. The zero-order valence-electron chi connectivity index (χ0n) is 21.3. The van der Waals surface area contributed by atoms with Crippen LogP contribution in [-0.4, -0.2) is 61.6 Å². The number of isocyanates is 2. The van der Waals surface area contributed by atoms with Crippen molar-refractivity contribution in [2.24, 2.45) is 15.4 Å². The zero-order valence-corrected chi connectivity index (χ0v) is 21.3. The first kappa shape index (κ1) is 32.6. The molecule has 11 nitrogen and oxygen atoms in total. The Morgan fingerprint density at radius 1 is 0.838 bits per heavy atom. The molecule has 198 valence electrons. The number of hydrogen-bond donors (Lipinski definition) is 1. The number of ether oxygens (including phenoxy) is 3. The van der Waals surface area contributed by atoms with E-state index in [2.05, 4.69) is 29.7 Å². The lowest BCUT2D eigenvalue weighted by atomic mass is 9.92. The second kappa shape index (κ2) is 16.3. The summed E-state index contributed by atoms with van der Waals surface area (Å²) in [5.41, 5.74) is 0.912. The molecule has 0 aromatic heterocycles. The SMILES string of the molecule is C=C(C)C(=O)OCC(CO)(COC(=O)C(=C)C)COC(=O)C(=C)C.Cc1ccc(N=C=O)cc1N=C=O. The molecule has 0 unspecified atom stereocenters. The Hall–Kier alpha value is -4.43. The molecule has 11 heteroatoms. The number of aliphatic hydroxyl groups is 1. The van der Waals surface area contributed by atoms with E-state index in [1.54, 1.807) is 19.1 Å². The van der Waals surface area contributed by atoms with E-state index < -0.39 is 29.9 Å². The van der Waals surface area contributed by atoms with Gasteiger partial charge in [-0.2, -0.15) is 9.98 Å². The number of carbonyl (C=O) groups is 3. The van der Waals surface area contributed by atoms with Gasteiger partial charge in [-0.3, -0.25) is 0 Å². The third kappa shape index (κ3) is 12.2. The van der Waals surface area contributed by atoms with Crippen LogP contribution in [0.1, 0.15) is 26.3 Å². The van der Waals surface area contributed by atoms with Gasteiger partial charge in [0.2, 0.25) is 12.2 Å². The lowest BCUT2D eigenvalue weighted by molar-refractivity contribution is -0.160. The molecule has 0 heterocycles. The molecule has 0 amide bonds. The van der Waals surface area contributed by atoms with Crippen molar-refractivity contribution in [1.29, 1.82) is 0 Å². The Balaban J connectivity index is 0.000000832. The minimum absolute atomic E-state index is 0.166. The van der Waals surface area contributed by atoms with Gasteiger partial charge in [0.05, 0.1) is 23.4 Å². The summed E-state index contributed by atoms with van der Waals surface area (Å²) in [5, 5.41) is 9.69. The van der Waals surface area contributed by atoms with E-state index in [9.17, 15) is 29.1 Å². The number of hydrogen-bond acceptors (Lipinski definition) is 11. The van der Waals surface area contributed by atoms with Crippen LogP contribution in [0, 0.1) is 12.3 Å². The molecule has 1 aromatic rings. The second-order valence-corrected chi connectivity index (χ2v) is 8.10. The molecule has 0 saturated carbocycles. The van der Waals surface area contributed by atoms with E-state index in [1.165, 1.54) is 39.0 Å². The molecular formula is C26H30N2O9. The number of nitrogens with zero attached hydrogens (tertiary/aromatic N) is 2. The maximum Gasteiger partial charge on any atom is 0.333 e. The minimum atomic E-state index is -1.30. The Morgan fingerprint density at radius 2 is 1.24 bits per heavy atom. The Morgan fingerprint density at radius 3 is 1.57 bits per heavy atom. The number of aliphatic imine (C=N–C) groups is 2. The summed E-state index contributed by atoms with van der Waals surface area (Å²) >= 11 is 0. The van der Waals surface area contributed by atoms with Crippen molar-refractivity contribution in [3.8, 4) is 0 Å². The van der Waals surface area contributed by atoms with E-state index in [0.29, 0.717) is 11.4 Å². The van der Waals surface area contributed by atoms with Crippen LogP contribution in [-0.2, 0) is 38.2 Å². The highest BCUT2D eigenvalue weighted by molar-refractivity contribution is 5.88. The van der Waals surface area contributed by atoms with E-state index >= 15 is 0 Å². The topological polar surface area (TPSA) is 158 Å². The maximum atomic E-state index is 11.6. The van der Waals surface area contributed by atoms with Gasteiger partial charge in [-0.05, 0) is 45.4 Å². The van der Waals surface area contributed by atoms with Gasteiger partial charge in [0.25, 0.3) is 0 Å². The van der Waals surface area contributed by atoms with Crippen LogP contribution in [0.25, 0.3) is 0 Å². The van der Waals surface area contributed by atoms with Crippen molar-refractivity contribution in [2.45, 2.75) is 27.7 Å². The van der Waals surface area contributed by atoms with Crippen LogP contribution < -0.4 is 0 Å². The van der Waals surface area contributed by atoms with E-state index in [-0.39, 0.29) is 36.5 Å². The minimum Gasteiger partial charge on any atom is -0.461 e. The van der Waals surface area contributed by atoms with Crippen LogP contribution in [0.4, 0.5) is 11.4 Å². The predicted molar refractivity (Wildman–Crippen MR) is 134 cm³/mol. The van der Waals surface area contributed by atoms with E-state index in [0.717, 1.165) is 5.56 Å². The maximum absolute atomic E-state index is 11.6. The number of aliphatic hydroxyl groups excluding tert-OH is 1. The molecule has 0 bridgehead atoms. The Labute approximate surface area is 214 Å². The molecular weight excluding hydrogens is 484 g/mol. The van der Waals surface area contributed by atoms with Crippen LogP contribution in [0.5, 0.6) is 0 Å². The average Bonchev–Trinajstić information content (AvgIpc) is 2.85. The van der Waals surface area contributed by atoms with Crippen molar-refractivity contribution in [1.82, 2.24) is 0 Å². The number of benzene rings is 1. The normalized spacial score (nSPS) is 9.76. The van der Waals surface area contributed by atoms with Crippen LogP contribution in [0.2, 0.25) is 0 Å². The highest BCUT2D eigenvalue weighted by Crippen LogP contribution is 2.24. The monoisotopic (exact) mass is 514 g/mol. The highest BCUT2D eigenvalue weighted by atomic mass is 16.6. The standard InChI is InChI=1S/C17H24O7.C9H6N2O2/c1-11(2)14(19)22-8-17(7-18,9-23-15(20)12(3)4)10-24-16(21)13(5)6;1-7-2-3-8(10-5-12)4-9(7)11-6-13/h18H,1,3,5,7-10H2,2,4,6H3;2-4H,1H3. The predicted octanol–water partition coefficient (Wildman–Crippen LogP) is 3.25. The van der Waals surface area contributed by atoms with Crippen molar-refractivity contribution >= 4 is 41.4 Å². The summed E-state index contributed by atoms with van der Waals surface area (Å²) in [6.45, 7) is 15.0. The first-order valence-electron chi connectivity index (χ1n) is 10.7. The number of aryl methyl sites for hydroxylation is 1. The number of rotatable bonds is 12. The van der Waals surface area contributed by atoms with Gasteiger partial charge in [0, 0.05) is 16.7 Å². The van der Waals surface area contributed by atoms with Gasteiger partial charge < -0.3 is 19.3 Å². The molecule has 37 heavy (non-hydrogen) atoms. The first-order chi connectivity index (χ1) is 17.3. The van der Waals surface area contributed by atoms with Gasteiger partial charge >= 0.3 is 17.9 Å².